The van der Waals surface area contributed by atoms with Crippen molar-refractivity contribution in [3.05, 3.63) is 48.0 Å². The summed E-state index contributed by atoms with van der Waals surface area (Å²) in [5.74, 6) is 1.19. The van der Waals surface area contributed by atoms with E-state index in [1.807, 2.05) is 55.9 Å². The topological polar surface area (TPSA) is 53.4 Å². The van der Waals surface area contributed by atoms with E-state index in [-0.39, 0.29) is 12.4 Å². The number of nitrogens with zero attached hydrogens (tertiary/aromatic N) is 2. The molecule has 0 fully saturated rings. The van der Waals surface area contributed by atoms with Crippen LogP contribution in [0.3, 0.4) is 0 Å². The van der Waals surface area contributed by atoms with Crippen LogP contribution in [-0.2, 0) is 28.6 Å². The van der Waals surface area contributed by atoms with Crippen molar-refractivity contribution in [1.82, 2.24) is 9.55 Å². The van der Waals surface area contributed by atoms with Crippen LogP contribution in [-0.4, -0.2) is 22.6 Å². The quantitative estimate of drug-likeness (QED) is 0.793. The molecule has 0 aliphatic heterocycles. The van der Waals surface area contributed by atoms with E-state index in [0.29, 0.717) is 5.75 Å². The number of aromatic nitrogens is 2. The third kappa shape index (κ3) is 3.42. The number of para-hydroxylation sites is 1. The molecule has 0 aliphatic rings. The highest BCUT2D eigenvalue weighted by Gasteiger charge is 2.28. The van der Waals surface area contributed by atoms with Gasteiger partial charge in [-0.15, -0.1) is 0 Å². The molecule has 112 valence electrons. The number of rotatable bonds is 5. The number of imidazole rings is 1. The Bertz CT molecular complexity index is 632. The minimum absolute atomic E-state index is 0.184. The lowest BCUT2D eigenvalue weighted by molar-refractivity contribution is -0.139. The average Bonchev–Trinajstić information content (AvgIpc) is 2.87. The maximum Gasteiger partial charge on any atom is 0.310 e. The molecule has 0 aliphatic carbocycles. The second kappa shape index (κ2) is 5.99. The molecular formula is C16H20N2O3. The zero-order chi connectivity index (χ0) is 15.5. The van der Waals surface area contributed by atoms with E-state index in [1.165, 1.54) is 7.11 Å². The van der Waals surface area contributed by atoms with Crippen molar-refractivity contribution < 1.29 is 14.3 Å². The van der Waals surface area contributed by atoms with E-state index in [9.17, 15) is 4.79 Å². The van der Waals surface area contributed by atoms with Gasteiger partial charge in [-0.2, -0.15) is 0 Å². The summed E-state index contributed by atoms with van der Waals surface area (Å²) in [6.45, 7) is 3.90. The second-order valence-corrected chi connectivity index (χ2v) is 5.33. The molecule has 0 spiro atoms. The molecule has 0 N–H and O–H groups in total. The van der Waals surface area contributed by atoms with E-state index >= 15 is 0 Å². The maximum atomic E-state index is 11.5. The van der Waals surface area contributed by atoms with E-state index < -0.39 is 5.60 Å². The van der Waals surface area contributed by atoms with Gasteiger partial charge in [-0.3, -0.25) is 4.79 Å². The van der Waals surface area contributed by atoms with Crippen LogP contribution in [0.15, 0.2) is 36.7 Å². The Morgan fingerprint density at radius 1 is 1.33 bits per heavy atom. The van der Waals surface area contributed by atoms with Gasteiger partial charge in [0.2, 0.25) is 0 Å². The molecular weight excluding hydrogens is 268 g/mol. The number of esters is 1. The predicted octanol–water partition coefficient (Wildman–Crippen LogP) is 2.45. The molecule has 0 saturated carbocycles. The van der Waals surface area contributed by atoms with Gasteiger partial charge in [0.25, 0.3) is 0 Å². The van der Waals surface area contributed by atoms with Crippen molar-refractivity contribution in [2.45, 2.75) is 25.9 Å². The average molecular weight is 288 g/mol. The van der Waals surface area contributed by atoms with Crippen molar-refractivity contribution in [1.29, 1.82) is 0 Å². The van der Waals surface area contributed by atoms with Crippen LogP contribution < -0.4 is 4.74 Å². The fraction of sp³-hybridized carbons (Fsp3) is 0.375. The molecule has 2 aromatic rings. The lowest BCUT2D eigenvalue weighted by Gasteiger charge is -2.27. The maximum absolute atomic E-state index is 11.5. The molecule has 2 rings (SSSR count). The summed E-state index contributed by atoms with van der Waals surface area (Å²) in [6, 6.07) is 7.47. The molecule has 0 atom stereocenters. The Hall–Kier alpha value is -2.30. The standard InChI is InChI=1S/C16H20N2O3/c1-16(2,15-17-9-10-18(15)3)21-13-8-6-5-7-12(13)11-14(19)20-4/h5-10H,11H2,1-4H3. The summed E-state index contributed by atoms with van der Waals surface area (Å²) in [6.07, 6.45) is 3.80. The first-order valence-corrected chi connectivity index (χ1v) is 6.75. The molecule has 0 unspecified atom stereocenters. The lowest BCUT2D eigenvalue weighted by Crippen LogP contribution is -2.29. The van der Waals surface area contributed by atoms with Gasteiger partial charge in [-0.25, -0.2) is 4.98 Å². The summed E-state index contributed by atoms with van der Waals surface area (Å²) in [4.78, 5) is 15.8. The monoisotopic (exact) mass is 288 g/mol. The zero-order valence-corrected chi connectivity index (χ0v) is 12.8. The minimum atomic E-state index is -0.607. The van der Waals surface area contributed by atoms with Gasteiger partial charge in [0.05, 0.1) is 13.5 Å². The summed E-state index contributed by atoms with van der Waals surface area (Å²) in [5, 5.41) is 0. The highest BCUT2D eigenvalue weighted by molar-refractivity contribution is 5.73. The first-order chi connectivity index (χ1) is 9.94. The first-order valence-electron chi connectivity index (χ1n) is 6.75. The second-order valence-electron chi connectivity index (χ2n) is 5.33. The van der Waals surface area contributed by atoms with Crippen LogP contribution in [0.25, 0.3) is 0 Å². The number of hydrogen-bond acceptors (Lipinski definition) is 4. The van der Waals surface area contributed by atoms with Crippen molar-refractivity contribution in [3.63, 3.8) is 0 Å². The largest absolute Gasteiger partial charge is 0.480 e. The highest BCUT2D eigenvalue weighted by atomic mass is 16.5. The predicted molar refractivity (Wildman–Crippen MR) is 79.0 cm³/mol. The van der Waals surface area contributed by atoms with Crippen LogP contribution in [0.2, 0.25) is 0 Å². The Labute approximate surface area is 124 Å². The Morgan fingerprint density at radius 3 is 2.67 bits per heavy atom. The van der Waals surface area contributed by atoms with Crippen molar-refractivity contribution in [2.24, 2.45) is 7.05 Å². The first kappa shape index (κ1) is 15.1. The third-order valence-corrected chi connectivity index (χ3v) is 3.26. The van der Waals surface area contributed by atoms with Gasteiger partial charge in [-0.05, 0) is 19.9 Å². The number of aryl methyl sites for hydroxylation is 1. The normalized spacial score (nSPS) is 11.2. The van der Waals surface area contributed by atoms with Gasteiger partial charge < -0.3 is 14.0 Å². The fourth-order valence-corrected chi connectivity index (χ4v) is 2.24. The van der Waals surface area contributed by atoms with Gasteiger partial charge in [-0.1, -0.05) is 18.2 Å². The smallest absolute Gasteiger partial charge is 0.310 e. The van der Waals surface area contributed by atoms with Crippen molar-refractivity contribution in [2.75, 3.05) is 7.11 Å². The molecule has 0 amide bonds. The van der Waals surface area contributed by atoms with E-state index in [1.54, 1.807) is 6.20 Å². The van der Waals surface area contributed by atoms with E-state index in [2.05, 4.69) is 4.98 Å². The van der Waals surface area contributed by atoms with Crippen LogP contribution in [0, 0.1) is 0 Å². The van der Waals surface area contributed by atoms with Crippen molar-refractivity contribution >= 4 is 5.97 Å². The van der Waals surface area contributed by atoms with Gasteiger partial charge >= 0.3 is 5.97 Å². The van der Waals surface area contributed by atoms with Crippen LogP contribution in [0.5, 0.6) is 5.75 Å². The number of carbonyl (C=O) groups excluding carboxylic acids is 1. The number of ether oxygens (including phenoxy) is 2. The number of carbonyl (C=O) groups is 1. The number of hydrogen-bond donors (Lipinski definition) is 0. The Morgan fingerprint density at radius 2 is 2.05 bits per heavy atom. The number of methoxy groups -OCH3 is 1. The molecule has 1 aromatic heterocycles. The molecule has 5 heteroatoms. The number of benzene rings is 1. The van der Waals surface area contributed by atoms with Crippen LogP contribution >= 0.6 is 0 Å². The Kier molecular flexibility index (Phi) is 4.31. The van der Waals surface area contributed by atoms with Crippen LogP contribution in [0.1, 0.15) is 25.2 Å². The third-order valence-electron chi connectivity index (χ3n) is 3.26. The van der Waals surface area contributed by atoms with Gasteiger partial charge in [0, 0.05) is 25.0 Å². The molecule has 21 heavy (non-hydrogen) atoms. The summed E-state index contributed by atoms with van der Waals surface area (Å²) < 4.78 is 12.8. The SMILES string of the molecule is COC(=O)Cc1ccccc1OC(C)(C)c1nccn1C. The summed E-state index contributed by atoms with van der Waals surface area (Å²) >= 11 is 0. The molecule has 0 saturated heterocycles. The summed E-state index contributed by atoms with van der Waals surface area (Å²) in [7, 11) is 3.30. The summed E-state index contributed by atoms with van der Waals surface area (Å²) in [5.41, 5.74) is 0.191. The molecule has 1 heterocycles. The van der Waals surface area contributed by atoms with Crippen molar-refractivity contribution in [3.8, 4) is 5.75 Å². The van der Waals surface area contributed by atoms with E-state index in [0.717, 1.165) is 11.4 Å². The zero-order valence-electron chi connectivity index (χ0n) is 12.8. The van der Waals surface area contributed by atoms with Gasteiger partial charge in [0.15, 0.2) is 11.4 Å². The highest BCUT2D eigenvalue weighted by Crippen LogP contribution is 2.29. The molecule has 0 radical (unpaired) electrons. The fourth-order valence-electron chi connectivity index (χ4n) is 2.24. The Balaban J connectivity index is 2.27. The minimum Gasteiger partial charge on any atom is -0.480 e. The molecule has 0 bridgehead atoms. The van der Waals surface area contributed by atoms with Crippen LogP contribution in [0.4, 0.5) is 0 Å². The van der Waals surface area contributed by atoms with Gasteiger partial charge in [0.1, 0.15) is 5.75 Å². The lowest BCUT2D eigenvalue weighted by atomic mass is 10.1. The van der Waals surface area contributed by atoms with E-state index in [4.69, 9.17) is 9.47 Å². The molecule has 5 nitrogen and oxygen atoms in total. The molecule has 1 aromatic carbocycles.